The third-order valence-corrected chi connectivity index (χ3v) is 15.8. The molecule has 3 saturated carbocycles. The van der Waals surface area contributed by atoms with Crippen LogP contribution in [-0.2, 0) is 39.3 Å². The van der Waals surface area contributed by atoms with Crippen LogP contribution in [0, 0.1) is 43.7 Å². The van der Waals surface area contributed by atoms with Crippen molar-refractivity contribution in [2.45, 2.75) is 109 Å². The summed E-state index contributed by atoms with van der Waals surface area (Å²) < 4.78 is 119. The Hall–Kier alpha value is -0.640. The molecule has 0 aliphatic heterocycles. The fourth-order valence-corrected chi connectivity index (χ4v) is 13.4. The summed E-state index contributed by atoms with van der Waals surface area (Å²) in [6.07, 6.45) is 1.60. The summed E-state index contributed by atoms with van der Waals surface area (Å²) in [5.41, 5.74) is -0.0728. The molecule has 4 aliphatic carbocycles. The first kappa shape index (κ1) is 37.6. The van der Waals surface area contributed by atoms with Crippen LogP contribution >= 0.6 is 22.6 Å². The molecule has 0 aromatic carbocycles. The van der Waals surface area contributed by atoms with E-state index in [1.807, 2.05) is 12.1 Å². The van der Waals surface area contributed by atoms with E-state index < -0.39 is 77.1 Å². The maximum Gasteiger partial charge on any atom is 0.397 e. The average molecular weight is 837 g/mol. The maximum absolute atomic E-state index is 13.1. The van der Waals surface area contributed by atoms with E-state index in [-0.39, 0.29) is 18.3 Å². The van der Waals surface area contributed by atoms with Crippen molar-refractivity contribution in [3.05, 3.63) is 33.3 Å². The van der Waals surface area contributed by atoms with Crippen LogP contribution in [0.5, 0.6) is 0 Å². The molecule has 0 saturated heterocycles. The van der Waals surface area contributed by atoms with E-state index in [4.69, 9.17) is 8.60 Å². The second kappa shape index (κ2) is 12.5. The summed E-state index contributed by atoms with van der Waals surface area (Å²) in [5, 5.41) is 9.95. The molecule has 3 fully saturated rings. The lowest BCUT2D eigenvalue weighted by molar-refractivity contribution is -0.149. The van der Waals surface area contributed by atoms with Crippen molar-refractivity contribution in [1.82, 2.24) is 0 Å². The number of furan rings is 1. The molecule has 1 aromatic heterocycles. The largest absolute Gasteiger partial charge is 0.458 e. The van der Waals surface area contributed by atoms with Crippen molar-refractivity contribution >= 4 is 53.5 Å². The van der Waals surface area contributed by atoms with Gasteiger partial charge in [0.2, 0.25) is 0 Å². The van der Waals surface area contributed by atoms with Crippen molar-refractivity contribution < 1.29 is 56.8 Å². The van der Waals surface area contributed by atoms with Crippen molar-refractivity contribution in [3.63, 3.8) is 0 Å². The van der Waals surface area contributed by atoms with Gasteiger partial charge in [-0.25, -0.2) is 8.37 Å². The third kappa shape index (κ3) is 6.76. The van der Waals surface area contributed by atoms with Crippen molar-refractivity contribution in [3.8, 4) is 0 Å². The molecule has 17 heteroatoms. The molecule has 47 heavy (non-hydrogen) atoms. The summed E-state index contributed by atoms with van der Waals surface area (Å²) in [6, 6.07) is 2.01. The second-order valence-corrected chi connectivity index (χ2v) is 19.7. The van der Waals surface area contributed by atoms with Crippen LogP contribution in [0.1, 0.15) is 91.0 Å². The maximum atomic E-state index is 13.1. The molecule has 0 radical (unpaired) electrons. The molecule has 4 aliphatic rings. The van der Waals surface area contributed by atoms with E-state index in [1.54, 1.807) is 13.2 Å². The normalized spacial score (nSPS) is 40.6. The van der Waals surface area contributed by atoms with Gasteiger partial charge in [0, 0.05) is 11.5 Å². The summed E-state index contributed by atoms with van der Waals surface area (Å²) in [6.45, 7) is 10.5. The summed E-state index contributed by atoms with van der Waals surface area (Å²) in [7, 11) is -15.4. The van der Waals surface area contributed by atoms with Crippen LogP contribution in [0.4, 0.5) is 0 Å². The molecule has 1 heterocycles. The van der Waals surface area contributed by atoms with Crippen LogP contribution in [0.2, 0.25) is 0 Å². The van der Waals surface area contributed by atoms with Gasteiger partial charge in [-0.1, -0.05) is 46.3 Å². The Morgan fingerprint density at radius 1 is 1.00 bits per heavy atom. The van der Waals surface area contributed by atoms with E-state index in [2.05, 4.69) is 54.5 Å². The van der Waals surface area contributed by atoms with E-state index in [0.29, 0.717) is 24.2 Å². The predicted octanol–water partition coefficient (Wildman–Crippen LogP) is 5.20. The lowest BCUT2D eigenvalue weighted by atomic mass is 9.43. The predicted molar refractivity (Wildman–Crippen MR) is 178 cm³/mol. The Kier molecular flexibility index (Phi) is 10.0. The molecule has 0 spiro atoms. The molecule has 268 valence electrons. The zero-order valence-electron chi connectivity index (χ0n) is 26.9. The number of allylic oxidation sites excluding steroid dienone is 2. The first-order valence-electron chi connectivity index (χ1n) is 15.8. The fraction of sp³-hybridized carbons (Fsp3) is 0.800. The SMILES string of the molecule is CC(CC[C@@H](C)[C@H]1CC[C@@]2(C)[C@@H]3C[C@H](S(=O)(=O)O)C4[C@@H](O)[C@H](OS(=O)(=O)O)[C@@H](OS(=O)(=O)O)C[C@]4(C)C3=CC[C@]12C)c1ccoc1I. The van der Waals surface area contributed by atoms with Gasteiger partial charge in [0.15, 0.2) is 3.77 Å². The molecule has 5 rings (SSSR count). The van der Waals surface area contributed by atoms with Crippen LogP contribution in [-0.4, -0.2) is 67.6 Å². The monoisotopic (exact) mass is 836 g/mol. The smallest absolute Gasteiger partial charge is 0.397 e. The Morgan fingerprint density at radius 3 is 2.19 bits per heavy atom. The molecule has 2 unspecified atom stereocenters. The number of rotatable bonds is 10. The van der Waals surface area contributed by atoms with E-state index >= 15 is 0 Å². The Morgan fingerprint density at radius 2 is 1.64 bits per heavy atom. The molecule has 13 nitrogen and oxygen atoms in total. The van der Waals surface area contributed by atoms with Gasteiger partial charge in [-0.2, -0.15) is 25.3 Å². The zero-order chi connectivity index (χ0) is 35.1. The molecular weight excluding hydrogens is 791 g/mol. The molecule has 4 N–H and O–H groups in total. The number of aliphatic hydroxyl groups is 1. The molecule has 0 bridgehead atoms. The Bertz CT molecular complexity index is 1720. The van der Waals surface area contributed by atoms with Gasteiger partial charge in [-0.05, 0) is 114 Å². The van der Waals surface area contributed by atoms with Crippen LogP contribution in [0.3, 0.4) is 0 Å². The molecule has 1 aromatic rings. The topological polar surface area (TPSA) is 215 Å². The first-order chi connectivity index (χ1) is 21.4. The standard InChI is InChI=1S/C30H45IO13S3/c1-16(18-10-13-42-27(18)31)6-7-17(2)19-8-11-30(5)21-14-23(45(33,34)35)24-25(32)26(44-47(39,40)41)22(43-46(36,37)38)15-28(24,3)20(21)9-12-29(19,30)4/h9-10,13,16-17,19,21-26,32H,6-8,11-12,14-15H2,1-5H3,(H,33,34,35)(H,36,37,38)(H,39,40,41)/t16?,17-,19-,21-,22+,23+,24?,25-,26-,28-,29-,30+/m1/s1. The number of aliphatic hydroxyl groups excluding tert-OH is 1. The zero-order valence-corrected chi connectivity index (χ0v) is 31.6. The minimum Gasteiger partial charge on any atom is -0.458 e. The van der Waals surface area contributed by atoms with Gasteiger partial charge in [0.25, 0.3) is 10.1 Å². The van der Waals surface area contributed by atoms with Gasteiger partial charge in [0.1, 0.15) is 12.2 Å². The van der Waals surface area contributed by atoms with E-state index in [1.165, 1.54) is 5.56 Å². The van der Waals surface area contributed by atoms with Crippen LogP contribution < -0.4 is 0 Å². The highest BCUT2D eigenvalue weighted by atomic mass is 127. The molecule has 12 atom stereocenters. The van der Waals surface area contributed by atoms with Gasteiger partial charge in [0.05, 0.1) is 17.6 Å². The quantitative estimate of drug-likeness (QED) is 0.136. The lowest BCUT2D eigenvalue weighted by Crippen LogP contribution is -2.66. The van der Waals surface area contributed by atoms with Crippen molar-refractivity contribution in [2.75, 3.05) is 0 Å². The second-order valence-electron chi connectivity index (χ2n) is 15.0. The van der Waals surface area contributed by atoms with Crippen molar-refractivity contribution in [2.24, 2.45) is 39.9 Å². The van der Waals surface area contributed by atoms with E-state index in [9.17, 15) is 44.0 Å². The highest BCUT2D eigenvalue weighted by Gasteiger charge is 2.69. The van der Waals surface area contributed by atoms with Gasteiger partial charge in [-0.3, -0.25) is 13.7 Å². The highest BCUT2D eigenvalue weighted by Crippen LogP contribution is 2.72. The third-order valence-electron chi connectivity index (χ3n) is 12.7. The lowest BCUT2D eigenvalue weighted by Gasteiger charge is -2.63. The van der Waals surface area contributed by atoms with Gasteiger partial charge in [-0.15, -0.1) is 0 Å². The van der Waals surface area contributed by atoms with Crippen LogP contribution in [0.15, 0.2) is 28.4 Å². The van der Waals surface area contributed by atoms with Gasteiger partial charge < -0.3 is 9.52 Å². The van der Waals surface area contributed by atoms with Crippen molar-refractivity contribution in [1.29, 1.82) is 0 Å². The Labute approximate surface area is 291 Å². The van der Waals surface area contributed by atoms with Gasteiger partial charge >= 0.3 is 20.8 Å². The number of halogens is 1. The number of hydrogen-bond acceptors (Lipinski definition) is 10. The summed E-state index contributed by atoms with van der Waals surface area (Å²) in [4.78, 5) is 0. The minimum absolute atomic E-state index is 0.0620. The molecular formula is C30H45IO13S3. The average Bonchev–Trinajstić information content (AvgIpc) is 3.47. The Balaban J connectivity index is 1.52. The minimum atomic E-state index is -5.30. The summed E-state index contributed by atoms with van der Waals surface area (Å²) in [5.74, 6) is -0.789. The number of hydrogen-bond donors (Lipinski definition) is 4. The number of fused-ring (bicyclic) bond motifs is 5. The van der Waals surface area contributed by atoms with E-state index in [0.717, 1.165) is 35.0 Å². The fourth-order valence-electron chi connectivity index (χ4n) is 10.3. The molecule has 0 amide bonds. The highest BCUT2D eigenvalue weighted by molar-refractivity contribution is 14.1. The summed E-state index contributed by atoms with van der Waals surface area (Å²) >= 11 is 2.20. The van der Waals surface area contributed by atoms with Crippen LogP contribution in [0.25, 0.3) is 0 Å². The first-order valence-corrected chi connectivity index (χ1v) is 21.1.